The molecule has 1 aliphatic heterocycles. The van der Waals surface area contributed by atoms with E-state index in [0.717, 1.165) is 23.6 Å². The van der Waals surface area contributed by atoms with E-state index in [1.54, 1.807) is 33.8 Å². The lowest BCUT2D eigenvalue weighted by Gasteiger charge is -2.34. The predicted octanol–water partition coefficient (Wildman–Crippen LogP) is 5.75. The first kappa shape index (κ1) is 29.3. The SMILES string of the molecule is Cc1nn(C)cc1SNC(=O)c1ccc(-n2ccc(S(C)(C)CCC(F)(F)F)n2)nc1N1CC(C)CC1(C)C. The Balaban J connectivity index is 1.65. The van der Waals surface area contributed by atoms with E-state index in [0.29, 0.717) is 28.1 Å². The summed E-state index contributed by atoms with van der Waals surface area (Å²) in [6.45, 7) is 9.09. The quantitative estimate of drug-likeness (QED) is 0.341. The standard InChI is InChI=1S/C26H36F3N7OS2/c1-17-14-25(3,4)35(15-17)23-19(24(37)33-38-20-16-34(5)31-18(20)2)8-9-21(30-23)36-12-10-22(32-36)39(6,7)13-11-26(27,28)29/h8-10,12,16-17H,11,13-15H2,1-7H3,(H,33,37). The van der Waals surface area contributed by atoms with Gasteiger partial charge >= 0.3 is 6.18 Å². The molecule has 1 amide bonds. The number of carbonyl (C=O) groups is 1. The van der Waals surface area contributed by atoms with Crippen molar-refractivity contribution in [2.75, 3.05) is 29.7 Å². The highest BCUT2D eigenvalue weighted by molar-refractivity contribution is 8.32. The lowest BCUT2D eigenvalue weighted by atomic mass is 9.97. The molecule has 8 nitrogen and oxygen atoms in total. The van der Waals surface area contributed by atoms with E-state index in [2.05, 4.69) is 40.6 Å². The van der Waals surface area contributed by atoms with Crippen molar-refractivity contribution in [1.29, 1.82) is 0 Å². The van der Waals surface area contributed by atoms with Crippen LogP contribution in [0.2, 0.25) is 0 Å². The second-order valence-electron chi connectivity index (χ2n) is 11.3. The minimum Gasteiger partial charge on any atom is -0.350 e. The zero-order valence-corrected chi connectivity index (χ0v) is 25.0. The Labute approximate surface area is 233 Å². The summed E-state index contributed by atoms with van der Waals surface area (Å²) in [5.41, 5.74) is 1.05. The van der Waals surface area contributed by atoms with Crippen LogP contribution in [0.5, 0.6) is 0 Å². The Morgan fingerprint density at radius 2 is 1.95 bits per heavy atom. The maximum Gasteiger partial charge on any atom is 0.389 e. The third-order valence-corrected chi connectivity index (χ3v) is 10.4. The van der Waals surface area contributed by atoms with Gasteiger partial charge < -0.3 is 4.90 Å². The maximum atomic E-state index is 13.4. The first-order valence-corrected chi connectivity index (χ1v) is 16.1. The number of aromatic nitrogens is 5. The van der Waals surface area contributed by atoms with Crippen molar-refractivity contribution in [3.8, 4) is 5.82 Å². The van der Waals surface area contributed by atoms with Gasteiger partial charge in [0.1, 0.15) is 10.8 Å². The second kappa shape index (κ2) is 10.7. The zero-order valence-electron chi connectivity index (χ0n) is 23.3. The van der Waals surface area contributed by atoms with E-state index < -0.39 is 22.6 Å². The van der Waals surface area contributed by atoms with Crippen LogP contribution in [-0.4, -0.2) is 67.0 Å². The minimum atomic E-state index is -4.20. The van der Waals surface area contributed by atoms with E-state index >= 15 is 0 Å². The van der Waals surface area contributed by atoms with E-state index in [9.17, 15) is 18.0 Å². The average molecular weight is 584 g/mol. The molecule has 0 saturated carbocycles. The highest BCUT2D eigenvalue weighted by Gasteiger charge is 2.39. The van der Waals surface area contributed by atoms with Gasteiger partial charge in [0.25, 0.3) is 5.91 Å². The lowest BCUT2D eigenvalue weighted by Crippen LogP contribution is -2.40. The number of aryl methyl sites for hydroxylation is 2. The molecule has 1 aliphatic rings. The molecule has 0 aliphatic carbocycles. The smallest absolute Gasteiger partial charge is 0.350 e. The average Bonchev–Trinajstić information content (AvgIpc) is 3.52. The molecule has 1 fully saturated rings. The third kappa shape index (κ3) is 6.74. The van der Waals surface area contributed by atoms with Crippen LogP contribution in [-0.2, 0) is 7.05 Å². The van der Waals surface area contributed by atoms with Gasteiger partial charge in [-0.05, 0) is 81.5 Å². The molecule has 0 aromatic carbocycles. The van der Waals surface area contributed by atoms with Crippen molar-refractivity contribution in [1.82, 2.24) is 29.3 Å². The highest BCUT2D eigenvalue weighted by Crippen LogP contribution is 2.50. The summed E-state index contributed by atoms with van der Waals surface area (Å²) in [6.07, 6.45) is 3.16. The van der Waals surface area contributed by atoms with Crippen LogP contribution in [0.3, 0.4) is 0 Å². The molecule has 214 valence electrons. The minimum absolute atomic E-state index is 0.0131. The number of alkyl halides is 3. The highest BCUT2D eigenvalue weighted by atomic mass is 32.3. The second-order valence-corrected chi connectivity index (χ2v) is 16.0. The molecule has 3 aromatic heterocycles. The molecular formula is C26H36F3N7OS2. The van der Waals surface area contributed by atoms with Crippen molar-refractivity contribution in [3.63, 3.8) is 0 Å². The number of anilines is 1. The number of carbonyl (C=O) groups excluding carboxylic acids is 1. The maximum absolute atomic E-state index is 13.4. The largest absolute Gasteiger partial charge is 0.389 e. The summed E-state index contributed by atoms with van der Waals surface area (Å²) >= 11 is 1.21. The molecule has 0 bridgehead atoms. The number of amides is 1. The fraction of sp³-hybridized carbons (Fsp3) is 0.538. The Hall–Kier alpha value is -2.67. The Kier molecular flexibility index (Phi) is 8.06. The van der Waals surface area contributed by atoms with Crippen molar-refractivity contribution in [2.45, 2.75) is 62.2 Å². The zero-order chi connectivity index (χ0) is 28.8. The number of hydrogen-bond acceptors (Lipinski definition) is 6. The van der Waals surface area contributed by atoms with Crippen molar-refractivity contribution < 1.29 is 18.0 Å². The molecule has 1 saturated heterocycles. The molecular weight excluding hydrogens is 547 g/mol. The van der Waals surface area contributed by atoms with Crippen molar-refractivity contribution in [2.24, 2.45) is 13.0 Å². The topological polar surface area (TPSA) is 80.9 Å². The Bertz CT molecular complexity index is 1350. The normalized spacial score (nSPS) is 18.0. The van der Waals surface area contributed by atoms with Gasteiger partial charge in [-0.1, -0.05) is 6.92 Å². The number of nitrogens with zero attached hydrogens (tertiary/aromatic N) is 6. The molecule has 4 rings (SSSR count). The number of halogens is 3. The van der Waals surface area contributed by atoms with Crippen molar-refractivity contribution in [3.05, 3.63) is 41.9 Å². The van der Waals surface area contributed by atoms with Gasteiger partial charge in [0.05, 0.1) is 22.6 Å². The summed E-state index contributed by atoms with van der Waals surface area (Å²) in [5, 5.41) is 9.58. The van der Waals surface area contributed by atoms with Crippen molar-refractivity contribution >= 4 is 33.7 Å². The number of rotatable bonds is 8. The molecule has 4 heterocycles. The van der Waals surface area contributed by atoms with Gasteiger partial charge in [0.15, 0.2) is 5.82 Å². The van der Waals surface area contributed by atoms with E-state index in [1.807, 2.05) is 32.7 Å². The van der Waals surface area contributed by atoms with E-state index in [4.69, 9.17) is 4.98 Å². The van der Waals surface area contributed by atoms with Crippen LogP contribution in [0.4, 0.5) is 19.0 Å². The molecule has 0 radical (unpaired) electrons. The van der Waals surface area contributed by atoms with Gasteiger partial charge in [-0.2, -0.15) is 23.4 Å². The fourth-order valence-electron chi connectivity index (χ4n) is 4.95. The molecule has 13 heteroatoms. The third-order valence-electron chi connectivity index (χ3n) is 6.92. The number of hydrogen-bond donors (Lipinski definition) is 1. The van der Waals surface area contributed by atoms with Gasteiger partial charge in [-0.15, -0.1) is 0 Å². The monoisotopic (exact) mass is 583 g/mol. The molecule has 1 unspecified atom stereocenters. The summed E-state index contributed by atoms with van der Waals surface area (Å²) in [7, 11) is 0.0760. The summed E-state index contributed by atoms with van der Waals surface area (Å²) < 4.78 is 44.8. The molecule has 39 heavy (non-hydrogen) atoms. The molecule has 3 aromatic rings. The van der Waals surface area contributed by atoms with E-state index in [-0.39, 0.29) is 17.2 Å². The van der Waals surface area contributed by atoms with Crippen LogP contribution in [0.15, 0.2) is 40.5 Å². The first-order chi connectivity index (χ1) is 18.1. The van der Waals surface area contributed by atoms with Gasteiger partial charge in [-0.3, -0.25) is 14.2 Å². The summed E-state index contributed by atoms with van der Waals surface area (Å²) in [4.78, 5) is 21.3. The molecule has 1 N–H and O–H groups in total. The Morgan fingerprint density at radius 3 is 2.54 bits per heavy atom. The van der Waals surface area contributed by atoms with Gasteiger partial charge in [-0.25, -0.2) is 19.7 Å². The predicted molar refractivity (Wildman–Crippen MR) is 151 cm³/mol. The van der Waals surface area contributed by atoms with Crippen LogP contribution >= 0.6 is 22.0 Å². The summed E-state index contributed by atoms with van der Waals surface area (Å²) in [6, 6.07) is 5.23. The van der Waals surface area contributed by atoms with Crippen LogP contribution in [0, 0.1) is 12.8 Å². The number of pyridine rings is 1. The van der Waals surface area contributed by atoms with Crippen LogP contribution in [0.1, 0.15) is 49.7 Å². The fourth-order valence-corrected chi connectivity index (χ4v) is 7.34. The van der Waals surface area contributed by atoms with Gasteiger partial charge in [0.2, 0.25) is 0 Å². The van der Waals surface area contributed by atoms with Gasteiger partial charge in [0, 0.05) is 31.5 Å². The number of nitrogens with one attached hydrogen (secondary N) is 1. The van der Waals surface area contributed by atoms with Crippen LogP contribution in [0.25, 0.3) is 5.82 Å². The molecule has 1 atom stereocenters. The summed E-state index contributed by atoms with van der Waals surface area (Å²) in [5.74, 6) is 1.22. The van der Waals surface area contributed by atoms with Crippen LogP contribution < -0.4 is 9.62 Å². The van der Waals surface area contributed by atoms with E-state index in [1.165, 1.54) is 11.9 Å². The molecule has 0 spiro atoms. The lowest BCUT2D eigenvalue weighted by molar-refractivity contribution is -0.129. The first-order valence-electron chi connectivity index (χ1n) is 12.7. The Morgan fingerprint density at radius 1 is 1.23 bits per heavy atom.